The van der Waals surface area contributed by atoms with E-state index >= 15 is 0 Å². The van der Waals surface area contributed by atoms with Gasteiger partial charge in [-0.1, -0.05) is 0 Å². The van der Waals surface area contributed by atoms with E-state index in [-0.39, 0.29) is 10.8 Å². The molecule has 0 aliphatic carbocycles. The number of rotatable bonds is 6. The van der Waals surface area contributed by atoms with Crippen molar-refractivity contribution in [3.63, 3.8) is 0 Å². The number of carbonyl (C=O) groups excluding carboxylic acids is 1. The highest BCUT2D eigenvalue weighted by atomic mass is 32.2. The Kier molecular flexibility index (Phi) is 6.11. The molecular weight excluding hydrogens is 318 g/mol. The zero-order chi connectivity index (χ0) is 16.9. The summed E-state index contributed by atoms with van der Waals surface area (Å²) in [6.45, 7) is 3.26. The average molecular weight is 341 g/mol. The van der Waals surface area contributed by atoms with E-state index in [1.165, 1.54) is 28.6 Å². The molecule has 128 valence electrons. The lowest BCUT2D eigenvalue weighted by Gasteiger charge is -2.31. The molecule has 1 aliphatic heterocycles. The molecule has 1 aliphatic rings. The average Bonchev–Trinajstić information content (AvgIpc) is 2.55. The van der Waals surface area contributed by atoms with Crippen molar-refractivity contribution in [1.82, 2.24) is 14.5 Å². The smallest absolute Gasteiger partial charge is 0.251 e. The summed E-state index contributed by atoms with van der Waals surface area (Å²) >= 11 is 0. The Morgan fingerprint density at radius 1 is 1.17 bits per heavy atom. The van der Waals surface area contributed by atoms with E-state index in [9.17, 15) is 13.2 Å². The Balaban J connectivity index is 2.05. The molecule has 1 aromatic rings. The van der Waals surface area contributed by atoms with Crippen LogP contribution in [0.15, 0.2) is 29.2 Å². The maximum Gasteiger partial charge on any atom is 0.251 e. The molecular formula is C15H23N3O4S. The zero-order valence-electron chi connectivity index (χ0n) is 13.5. The van der Waals surface area contributed by atoms with Gasteiger partial charge in [0.15, 0.2) is 0 Å². The maximum atomic E-state index is 12.6. The molecule has 0 saturated carbocycles. The second kappa shape index (κ2) is 7.87. The first kappa shape index (κ1) is 17.9. The predicted molar refractivity (Wildman–Crippen MR) is 86.9 cm³/mol. The van der Waals surface area contributed by atoms with Gasteiger partial charge in [0.2, 0.25) is 10.0 Å². The number of sulfonamides is 1. The highest BCUT2D eigenvalue weighted by Gasteiger charge is 2.27. The van der Waals surface area contributed by atoms with E-state index < -0.39 is 10.0 Å². The standard InChI is InChI=1S/C15H23N3O4S/c1-17-8-10-18(11-9-17)23(20,21)14-5-3-13(4-6-14)15(19)16-7-12-22-2/h3-6H,7-12H2,1-2H3,(H,16,19). The van der Waals surface area contributed by atoms with Crippen LogP contribution in [0.1, 0.15) is 10.4 Å². The molecule has 2 rings (SSSR count). The number of nitrogens with one attached hydrogen (secondary N) is 1. The lowest BCUT2D eigenvalue weighted by atomic mass is 10.2. The molecule has 0 aromatic heterocycles. The molecule has 8 heteroatoms. The summed E-state index contributed by atoms with van der Waals surface area (Å²) in [7, 11) is 0.0390. The topological polar surface area (TPSA) is 78.9 Å². The van der Waals surface area contributed by atoms with E-state index in [4.69, 9.17) is 4.74 Å². The van der Waals surface area contributed by atoms with Crippen LogP contribution in [-0.4, -0.2) is 77.0 Å². The fourth-order valence-corrected chi connectivity index (χ4v) is 3.75. The van der Waals surface area contributed by atoms with Crippen LogP contribution in [0.5, 0.6) is 0 Å². The van der Waals surface area contributed by atoms with E-state index in [1.807, 2.05) is 7.05 Å². The minimum Gasteiger partial charge on any atom is -0.383 e. The van der Waals surface area contributed by atoms with E-state index in [1.54, 1.807) is 7.11 Å². The number of hydrogen-bond acceptors (Lipinski definition) is 5. The summed E-state index contributed by atoms with van der Waals surface area (Å²) in [6, 6.07) is 6.04. The van der Waals surface area contributed by atoms with Gasteiger partial charge in [-0.3, -0.25) is 4.79 Å². The quantitative estimate of drug-likeness (QED) is 0.737. The van der Waals surface area contributed by atoms with Crippen LogP contribution in [0.2, 0.25) is 0 Å². The molecule has 1 fully saturated rings. The largest absolute Gasteiger partial charge is 0.383 e. The van der Waals surface area contributed by atoms with Crippen LogP contribution in [0.3, 0.4) is 0 Å². The first-order chi connectivity index (χ1) is 10.9. The predicted octanol–water partition coefficient (Wildman–Crippen LogP) is -0.00110. The molecule has 0 bridgehead atoms. The zero-order valence-corrected chi connectivity index (χ0v) is 14.3. The van der Waals surface area contributed by atoms with Gasteiger partial charge in [-0.2, -0.15) is 4.31 Å². The molecule has 1 saturated heterocycles. The number of ether oxygens (including phenoxy) is 1. The summed E-state index contributed by atoms with van der Waals surface area (Å²) in [5.74, 6) is -0.245. The second-order valence-electron chi connectivity index (χ2n) is 5.48. The van der Waals surface area contributed by atoms with Crippen molar-refractivity contribution < 1.29 is 17.9 Å². The fourth-order valence-electron chi connectivity index (χ4n) is 2.32. The molecule has 0 unspecified atom stereocenters. The first-order valence-electron chi connectivity index (χ1n) is 7.51. The van der Waals surface area contributed by atoms with Crippen molar-refractivity contribution in [1.29, 1.82) is 0 Å². The second-order valence-corrected chi connectivity index (χ2v) is 7.42. The molecule has 7 nitrogen and oxygen atoms in total. The molecule has 0 radical (unpaired) electrons. The van der Waals surface area contributed by atoms with Gasteiger partial charge in [0, 0.05) is 45.4 Å². The summed E-state index contributed by atoms with van der Waals surface area (Å²) in [6.07, 6.45) is 0. The molecule has 0 spiro atoms. The third-order valence-electron chi connectivity index (χ3n) is 3.81. The Bertz CT molecular complexity index is 623. The number of carbonyl (C=O) groups is 1. The van der Waals surface area contributed by atoms with Crippen molar-refractivity contribution in [2.45, 2.75) is 4.90 Å². The van der Waals surface area contributed by atoms with Crippen molar-refractivity contribution in [2.24, 2.45) is 0 Å². The Morgan fingerprint density at radius 2 is 1.78 bits per heavy atom. The molecule has 1 amide bonds. The minimum absolute atomic E-state index is 0.218. The van der Waals surface area contributed by atoms with Crippen molar-refractivity contribution in [2.75, 3.05) is 53.5 Å². The molecule has 23 heavy (non-hydrogen) atoms. The van der Waals surface area contributed by atoms with Gasteiger partial charge >= 0.3 is 0 Å². The number of likely N-dealkylation sites (N-methyl/N-ethyl adjacent to an activating group) is 1. The minimum atomic E-state index is -3.49. The van der Waals surface area contributed by atoms with Crippen molar-refractivity contribution >= 4 is 15.9 Å². The van der Waals surface area contributed by atoms with Crippen molar-refractivity contribution in [3.8, 4) is 0 Å². The van der Waals surface area contributed by atoms with Gasteiger partial charge < -0.3 is 15.0 Å². The lowest BCUT2D eigenvalue weighted by molar-refractivity contribution is 0.0937. The van der Waals surface area contributed by atoms with Crippen LogP contribution >= 0.6 is 0 Å². The van der Waals surface area contributed by atoms with Crippen LogP contribution in [0.25, 0.3) is 0 Å². The highest BCUT2D eigenvalue weighted by Crippen LogP contribution is 2.18. The summed E-state index contributed by atoms with van der Waals surface area (Å²) in [5.41, 5.74) is 0.429. The third kappa shape index (κ3) is 4.51. The summed E-state index contributed by atoms with van der Waals surface area (Å²) in [4.78, 5) is 14.2. The number of nitrogens with zero attached hydrogens (tertiary/aromatic N) is 2. The monoisotopic (exact) mass is 341 g/mol. The Hall–Kier alpha value is -1.48. The lowest BCUT2D eigenvalue weighted by Crippen LogP contribution is -2.47. The van der Waals surface area contributed by atoms with E-state index in [2.05, 4.69) is 10.2 Å². The fraction of sp³-hybridized carbons (Fsp3) is 0.533. The van der Waals surface area contributed by atoms with Crippen LogP contribution in [-0.2, 0) is 14.8 Å². The number of benzene rings is 1. The van der Waals surface area contributed by atoms with Gasteiger partial charge in [0.05, 0.1) is 11.5 Å². The Morgan fingerprint density at radius 3 is 2.35 bits per heavy atom. The molecule has 1 heterocycles. The van der Waals surface area contributed by atoms with Gasteiger partial charge in [-0.05, 0) is 31.3 Å². The van der Waals surface area contributed by atoms with Crippen LogP contribution in [0.4, 0.5) is 0 Å². The normalized spacial score (nSPS) is 17.1. The number of piperazine rings is 1. The molecule has 0 atom stereocenters. The number of hydrogen-bond donors (Lipinski definition) is 1. The maximum absolute atomic E-state index is 12.6. The SMILES string of the molecule is COCCNC(=O)c1ccc(S(=O)(=O)N2CCN(C)CC2)cc1. The highest BCUT2D eigenvalue weighted by molar-refractivity contribution is 7.89. The van der Waals surface area contributed by atoms with E-state index in [0.717, 1.165) is 13.1 Å². The summed E-state index contributed by atoms with van der Waals surface area (Å²) in [5, 5.41) is 2.70. The van der Waals surface area contributed by atoms with Gasteiger partial charge in [-0.15, -0.1) is 0 Å². The summed E-state index contributed by atoms with van der Waals surface area (Å²) < 4.78 is 31.5. The van der Waals surface area contributed by atoms with Crippen LogP contribution < -0.4 is 5.32 Å². The number of methoxy groups -OCH3 is 1. The van der Waals surface area contributed by atoms with E-state index in [0.29, 0.717) is 31.8 Å². The van der Waals surface area contributed by atoms with Crippen molar-refractivity contribution in [3.05, 3.63) is 29.8 Å². The van der Waals surface area contributed by atoms with Gasteiger partial charge in [-0.25, -0.2) is 8.42 Å². The molecule has 1 N–H and O–H groups in total. The first-order valence-corrected chi connectivity index (χ1v) is 8.95. The molecule has 1 aromatic carbocycles. The third-order valence-corrected chi connectivity index (χ3v) is 5.72. The van der Waals surface area contributed by atoms with Gasteiger partial charge in [0.25, 0.3) is 5.91 Å². The van der Waals surface area contributed by atoms with Crippen LogP contribution in [0, 0.1) is 0 Å². The Labute approximate surface area is 137 Å². The van der Waals surface area contributed by atoms with Gasteiger partial charge in [0.1, 0.15) is 0 Å². The number of amides is 1.